The molecule has 3 aliphatic carbocycles. The number of halogens is 1. The van der Waals surface area contributed by atoms with Gasteiger partial charge in [0.15, 0.2) is 0 Å². The van der Waals surface area contributed by atoms with E-state index in [9.17, 15) is 0 Å². The highest BCUT2D eigenvalue weighted by molar-refractivity contribution is 7.25. The molecule has 7 aromatic rings. The molecule has 0 unspecified atom stereocenters. The van der Waals surface area contributed by atoms with E-state index >= 15 is 0 Å². The van der Waals surface area contributed by atoms with Gasteiger partial charge in [0.1, 0.15) is 10.5 Å². The molecule has 4 aromatic carbocycles. The molecule has 43 heavy (non-hydrogen) atoms. The van der Waals surface area contributed by atoms with Crippen LogP contribution in [0.1, 0.15) is 67.3 Å². The van der Waals surface area contributed by atoms with E-state index in [1.54, 1.807) is 11.1 Å². The lowest BCUT2D eigenvalue weighted by molar-refractivity contribution is 0.188. The number of thiophene rings is 1. The van der Waals surface area contributed by atoms with Gasteiger partial charge >= 0.3 is 0 Å². The number of nitrogens with zero attached hydrogens (tertiary/aromatic N) is 2. The Morgan fingerprint density at radius 2 is 1.47 bits per heavy atom. The molecular weight excluding hydrogens is 564 g/mol. The van der Waals surface area contributed by atoms with Crippen molar-refractivity contribution in [2.45, 2.75) is 71.1 Å². The van der Waals surface area contributed by atoms with Gasteiger partial charge in [-0.25, -0.2) is 0 Å². The fraction of sp³-hybridized carbons (Fsp3) is 0.282. The van der Waals surface area contributed by atoms with Crippen molar-refractivity contribution in [3.8, 4) is 16.8 Å². The lowest BCUT2D eigenvalue weighted by Gasteiger charge is -2.52. The van der Waals surface area contributed by atoms with E-state index in [0.717, 1.165) is 21.9 Å². The number of rotatable bonds is 2. The number of imidazole rings is 1. The molecule has 4 heteroatoms. The summed E-state index contributed by atoms with van der Waals surface area (Å²) in [6.07, 6.45) is 5.15. The summed E-state index contributed by atoms with van der Waals surface area (Å²) in [4.78, 5) is 1.29. The summed E-state index contributed by atoms with van der Waals surface area (Å²) in [5.41, 5.74) is 14.5. The van der Waals surface area contributed by atoms with Gasteiger partial charge in [0.25, 0.3) is 0 Å². The standard InChI is InChI=1S/C39H35ClN2S/c1-22-16-24(3)36-32(19-22)42-34(21-28-26-8-6-7-9-33(26)43-37(28)42)41(36)31-18-23(2)17-27(35(31)40)25-10-11-29-30(20-25)39(5)14-12-38(29,4)13-15-39/h6-11,16-21H,12-15H2,1-5H3. The minimum Gasteiger partial charge on any atom is -0.292 e. The largest absolute Gasteiger partial charge is 0.292 e. The SMILES string of the molecule is Cc1cc(-c2ccc3c(c2)C2(C)CCC3(C)CC2)c(Cl)c(-n2c3c(C)cc(C)cc3n3c4sc5ccccc5c4cc23)c1. The Bertz CT molecular complexity index is 2320. The molecule has 2 bridgehead atoms. The molecule has 214 valence electrons. The van der Waals surface area contributed by atoms with E-state index in [1.165, 1.54) is 79.3 Å². The molecule has 0 spiro atoms. The highest BCUT2D eigenvalue weighted by Gasteiger charge is 2.47. The van der Waals surface area contributed by atoms with Crippen LogP contribution in [0.2, 0.25) is 5.02 Å². The Morgan fingerprint density at radius 1 is 0.744 bits per heavy atom. The average Bonchev–Trinajstić information content (AvgIpc) is 3.62. The van der Waals surface area contributed by atoms with Gasteiger partial charge < -0.3 is 0 Å². The van der Waals surface area contributed by atoms with Crippen molar-refractivity contribution in [2.75, 3.05) is 0 Å². The third-order valence-corrected chi connectivity index (χ3v) is 12.5. The average molecular weight is 599 g/mol. The maximum Gasteiger partial charge on any atom is 0.124 e. The van der Waals surface area contributed by atoms with Crippen molar-refractivity contribution >= 4 is 59.9 Å². The normalized spacial score (nSPS) is 21.5. The molecule has 3 aromatic heterocycles. The molecule has 0 radical (unpaired) electrons. The van der Waals surface area contributed by atoms with Gasteiger partial charge in [0.05, 0.1) is 21.7 Å². The quantitative estimate of drug-likeness (QED) is 0.187. The summed E-state index contributed by atoms with van der Waals surface area (Å²) in [6.45, 7) is 11.6. The maximum absolute atomic E-state index is 7.56. The Labute approximate surface area is 261 Å². The van der Waals surface area contributed by atoms with Crippen molar-refractivity contribution in [1.82, 2.24) is 8.97 Å². The molecule has 0 amide bonds. The molecule has 3 heterocycles. The second kappa shape index (κ2) is 8.55. The number of aromatic nitrogens is 2. The fourth-order valence-corrected chi connectivity index (χ4v) is 10.1. The molecule has 2 nitrogen and oxygen atoms in total. The van der Waals surface area contributed by atoms with Gasteiger partial charge in [-0.15, -0.1) is 11.3 Å². The van der Waals surface area contributed by atoms with Crippen molar-refractivity contribution < 1.29 is 0 Å². The molecule has 0 saturated heterocycles. The Kier molecular flexibility index (Phi) is 5.16. The van der Waals surface area contributed by atoms with Gasteiger partial charge in [0.2, 0.25) is 0 Å². The van der Waals surface area contributed by atoms with Crippen LogP contribution in [-0.2, 0) is 10.8 Å². The Balaban J connectivity index is 1.34. The summed E-state index contributed by atoms with van der Waals surface area (Å²) in [5.74, 6) is 0. The van der Waals surface area contributed by atoms with Crippen molar-refractivity contribution in [3.63, 3.8) is 0 Å². The second-order valence-electron chi connectivity index (χ2n) is 14.0. The first-order valence-corrected chi connectivity index (χ1v) is 16.7. The summed E-state index contributed by atoms with van der Waals surface area (Å²) in [7, 11) is 0. The fourth-order valence-electron chi connectivity index (χ4n) is 8.56. The van der Waals surface area contributed by atoms with E-state index in [0.29, 0.717) is 5.41 Å². The van der Waals surface area contributed by atoms with E-state index < -0.39 is 0 Å². The van der Waals surface area contributed by atoms with Gasteiger partial charge in [0, 0.05) is 21.0 Å². The number of hydrogen-bond acceptors (Lipinski definition) is 1. The van der Waals surface area contributed by atoms with Crippen molar-refractivity contribution in [3.05, 3.63) is 106 Å². The highest BCUT2D eigenvalue weighted by atomic mass is 35.5. The summed E-state index contributed by atoms with van der Waals surface area (Å²) in [5, 5.41) is 3.44. The van der Waals surface area contributed by atoms with Crippen LogP contribution >= 0.6 is 22.9 Å². The molecule has 0 atom stereocenters. The zero-order valence-corrected chi connectivity index (χ0v) is 27.0. The van der Waals surface area contributed by atoms with Crippen LogP contribution in [0.5, 0.6) is 0 Å². The zero-order valence-electron chi connectivity index (χ0n) is 25.4. The Morgan fingerprint density at radius 3 is 2.26 bits per heavy atom. The predicted octanol–water partition coefficient (Wildman–Crippen LogP) is 11.6. The zero-order chi connectivity index (χ0) is 29.4. The van der Waals surface area contributed by atoms with Crippen LogP contribution in [0.3, 0.4) is 0 Å². The first-order valence-electron chi connectivity index (χ1n) is 15.6. The topological polar surface area (TPSA) is 9.34 Å². The van der Waals surface area contributed by atoms with E-state index in [1.807, 2.05) is 11.3 Å². The number of hydrogen-bond donors (Lipinski definition) is 0. The lowest BCUT2D eigenvalue weighted by Crippen LogP contribution is -2.44. The van der Waals surface area contributed by atoms with E-state index in [-0.39, 0.29) is 5.41 Å². The van der Waals surface area contributed by atoms with E-state index in [4.69, 9.17) is 11.6 Å². The van der Waals surface area contributed by atoms with E-state index in [2.05, 4.69) is 116 Å². The van der Waals surface area contributed by atoms with Gasteiger partial charge in [-0.3, -0.25) is 8.97 Å². The van der Waals surface area contributed by atoms with Crippen LogP contribution in [0.4, 0.5) is 0 Å². The summed E-state index contributed by atoms with van der Waals surface area (Å²) in [6, 6.07) is 27.5. The molecule has 0 N–H and O–H groups in total. The minimum absolute atomic E-state index is 0.264. The summed E-state index contributed by atoms with van der Waals surface area (Å²) >= 11 is 9.43. The number of fused-ring (bicyclic) bond motifs is 9. The van der Waals surface area contributed by atoms with Crippen molar-refractivity contribution in [2.24, 2.45) is 0 Å². The maximum atomic E-state index is 7.56. The lowest BCUT2D eigenvalue weighted by atomic mass is 9.52. The monoisotopic (exact) mass is 598 g/mol. The van der Waals surface area contributed by atoms with Crippen LogP contribution in [0, 0.1) is 20.8 Å². The first-order chi connectivity index (χ1) is 20.6. The molecular formula is C39H35ClN2S. The van der Waals surface area contributed by atoms with Gasteiger partial charge in [-0.05, 0) is 121 Å². The number of benzene rings is 4. The third kappa shape index (κ3) is 3.41. The number of aryl methyl sites for hydroxylation is 3. The second-order valence-corrected chi connectivity index (χ2v) is 15.4. The van der Waals surface area contributed by atoms with Crippen LogP contribution in [-0.4, -0.2) is 8.97 Å². The minimum atomic E-state index is 0.264. The van der Waals surface area contributed by atoms with Crippen LogP contribution in [0.15, 0.2) is 72.8 Å². The molecule has 3 aliphatic rings. The predicted molar refractivity (Wildman–Crippen MR) is 185 cm³/mol. The summed E-state index contributed by atoms with van der Waals surface area (Å²) < 4.78 is 6.21. The molecule has 10 rings (SSSR count). The molecule has 1 fully saturated rings. The Hall–Kier alpha value is -3.53. The van der Waals surface area contributed by atoms with Gasteiger partial charge in [-0.2, -0.15) is 0 Å². The van der Waals surface area contributed by atoms with Crippen LogP contribution < -0.4 is 0 Å². The molecule has 1 saturated carbocycles. The highest BCUT2D eigenvalue weighted by Crippen LogP contribution is 2.57. The molecule has 0 aliphatic heterocycles. The van der Waals surface area contributed by atoms with Gasteiger partial charge in [-0.1, -0.05) is 67.9 Å². The van der Waals surface area contributed by atoms with Crippen molar-refractivity contribution in [1.29, 1.82) is 0 Å². The van der Waals surface area contributed by atoms with Crippen LogP contribution in [0.25, 0.3) is 53.8 Å². The third-order valence-electron chi connectivity index (χ3n) is 11.0. The smallest absolute Gasteiger partial charge is 0.124 e. The first kappa shape index (κ1) is 25.9.